The van der Waals surface area contributed by atoms with Gasteiger partial charge in [0.25, 0.3) is 0 Å². The van der Waals surface area contributed by atoms with E-state index >= 15 is 0 Å². The largest absolute Gasteiger partial charge is 0.0741 e. The Hall–Kier alpha value is -0.260. The van der Waals surface area contributed by atoms with Crippen molar-refractivity contribution >= 4 is 0 Å². The maximum Gasteiger partial charge on any atom is -0.0280 e. The van der Waals surface area contributed by atoms with Gasteiger partial charge in [0.15, 0.2) is 0 Å². The third-order valence-corrected chi connectivity index (χ3v) is 1.73. The molecule has 1 aliphatic rings. The summed E-state index contributed by atoms with van der Waals surface area (Å²) in [6, 6.07) is 0. The van der Waals surface area contributed by atoms with E-state index in [0.29, 0.717) is 0 Å². The molecule has 0 radical (unpaired) electrons. The summed E-state index contributed by atoms with van der Waals surface area (Å²) in [6.07, 6.45) is 5.43. The van der Waals surface area contributed by atoms with Crippen LogP contribution < -0.4 is 0 Å². The Labute approximate surface area is 51.6 Å². The molecular formula is C8H14. The first-order chi connectivity index (χ1) is 3.84. The van der Waals surface area contributed by atoms with E-state index in [2.05, 4.69) is 13.8 Å². The molecule has 0 unspecified atom stereocenters. The molecule has 0 nitrogen and oxygen atoms in total. The van der Waals surface area contributed by atoms with Gasteiger partial charge >= 0.3 is 0 Å². The van der Waals surface area contributed by atoms with Crippen LogP contribution in [-0.2, 0) is 0 Å². The van der Waals surface area contributed by atoms with Crippen molar-refractivity contribution in [1.82, 2.24) is 0 Å². The van der Waals surface area contributed by atoms with Gasteiger partial charge in [0.2, 0.25) is 0 Å². The van der Waals surface area contributed by atoms with E-state index in [1.54, 1.807) is 11.1 Å². The molecule has 46 valence electrons. The van der Waals surface area contributed by atoms with Gasteiger partial charge in [-0.25, -0.2) is 0 Å². The molecule has 0 heterocycles. The maximum absolute atomic E-state index is 2.27. The van der Waals surface area contributed by atoms with Crippen molar-refractivity contribution < 1.29 is 0 Å². The SMILES string of the molecule is CCCC(C)=C1CC1. The molecule has 0 heteroatoms. The molecule has 0 saturated heterocycles. The fourth-order valence-electron chi connectivity index (χ4n) is 1.04. The van der Waals surface area contributed by atoms with Gasteiger partial charge in [-0.3, -0.25) is 0 Å². The highest BCUT2D eigenvalue weighted by molar-refractivity contribution is 5.23. The Morgan fingerprint density at radius 3 is 2.50 bits per heavy atom. The molecular weight excluding hydrogens is 96.1 g/mol. The molecule has 0 aromatic rings. The zero-order chi connectivity index (χ0) is 5.98. The van der Waals surface area contributed by atoms with Crippen LogP contribution in [0.1, 0.15) is 39.5 Å². The molecule has 1 fully saturated rings. The lowest BCUT2D eigenvalue weighted by Crippen LogP contribution is -1.71. The molecule has 8 heavy (non-hydrogen) atoms. The van der Waals surface area contributed by atoms with Crippen molar-refractivity contribution in [2.45, 2.75) is 39.5 Å². The zero-order valence-corrected chi connectivity index (χ0v) is 5.83. The van der Waals surface area contributed by atoms with Crippen molar-refractivity contribution in [1.29, 1.82) is 0 Å². The third kappa shape index (κ3) is 1.36. The molecule has 1 aliphatic carbocycles. The van der Waals surface area contributed by atoms with Gasteiger partial charge in [0.05, 0.1) is 0 Å². The van der Waals surface area contributed by atoms with Crippen molar-refractivity contribution in [3.8, 4) is 0 Å². The van der Waals surface area contributed by atoms with Crippen molar-refractivity contribution in [3.63, 3.8) is 0 Å². The molecule has 0 amide bonds. The Morgan fingerprint density at radius 2 is 2.12 bits per heavy atom. The molecule has 0 aliphatic heterocycles. The first kappa shape index (κ1) is 5.87. The fourth-order valence-corrected chi connectivity index (χ4v) is 1.04. The highest BCUT2D eigenvalue weighted by Gasteiger charge is 2.13. The predicted molar refractivity (Wildman–Crippen MR) is 36.8 cm³/mol. The van der Waals surface area contributed by atoms with Crippen LogP contribution in [0.5, 0.6) is 0 Å². The molecule has 0 atom stereocenters. The van der Waals surface area contributed by atoms with Crippen LogP contribution in [0.3, 0.4) is 0 Å². The average molecular weight is 110 g/mol. The Kier molecular flexibility index (Phi) is 1.72. The number of rotatable bonds is 2. The highest BCUT2D eigenvalue weighted by Crippen LogP contribution is 2.32. The molecule has 0 spiro atoms. The fraction of sp³-hybridized carbons (Fsp3) is 0.750. The van der Waals surface area contributed by atoms with Crippen LogP contribution in [0, 0.1) is 0 Å². The second-order valence-electron chi connectivity index (χ2n) is 2.63. The maximum atomic E-state index is 2.27. The molecule has 1 saturated carbocycles. The van der Waals surface area contributed by atoms with E-state index in [1.165, 1.54) is 25.7 Å². The summed E-state index contributed by atoms with van der Waals surface area (Å²) in [6.45, 7) is 4.51. The smallest absolute Gasteiger partial charge is 0.0280 e. The minimum atomic E-state index is 1.31. The van der Waals surface area contributed by atoms with Crippen LogP contribution in [0.25, 0.3) is 0 Å². The predicted octanol–water partition coefficient (Wildman–Crippen LogP) is 2.90. The third-order valence-electron chi connectivity index (χ3n) is 1.73. The van der Waals surface area contributed by atoms with Crippen LogP contribution in [0.15, 0.2) is 11.1 Å². The molecule has 0 aromatic carbocycles. The normalized spacial score (nSPS) is 16.5. The molecule has 0 bridgehead atoms. The number of hydrogen-bond donors (Lipinski definition) is 0. The molecule has 0 N–H and O–H groups in total. The van der Waals surface area contributed by atoms with Gasteiger partial charge in [-0.1, -0.05) is 24.5 Å². The lowest BCUT2D eigenvalue weighted by Gasteiger charge is -1.92. The van der Waals surface area contributed by atoms with Crippen LogP contribution in [0.2, 0.25) is 0 Å². The lowest BCUT2D eigenvalue weighted by atomic mass is 10.1. The van der Waals surface area contributed by atoms with Crippen LogP contribution in [0.4, 0.5) is 0 Å². The van der Waals surface area contributed by atoms with E-state index < -0.39 is 0 Å². The van der Waals surface area contributed by atoms with Crippen LogP contribution in [-0.4, -0.2) is 0 Å². The highest BCUT2D eigenvalue weighted by atomic mass is 14.2. The summed E-state index contributed by atoms with van der Waals surface area (Å²) in [4.78, 5) is 0. The van der Waals surface area contributed by atoms with Gasteiger partial charge in [-0.2, -0.15) is 0 Å². The van der Waals surface area contributed by atoms with E-state index in [4.69, 9.17) is 0 Å². The second-order valence-corrected chi connectivity index (χ2v) is 2.63. The summed E-state index contributed by atoms with van der Waals surface area (Å²) in [5, 5.41) is 0. The van der Waals surface area contributed by atoms with Crippen molar-refractivity contribution in [2.75, 3.05) is 0 Å². The first-order valence-electron chi connectivity index (χ1n) is 3.52. The van der Waals surface area contributed by atoms with E-state index in [1.807, 2.05) is 0 Å². The summed E-state index contributed by atoms with van der Waals surface area (Å²) >= 11 is 0. The van der Waals surface area contributed by atoms with Crippen molar-refractivity contribution in [2.24, 2.45) is 0 Å². The first-order valence-corrected chi connectivity index (χ1v) is 3.52. The monoisotopic (exact) mass is 110 g/mol. The van der Waals surface area contributed by atoms with Gasteiger partial charge in [0, 0.05) is 0 Å². The Morgan fingerprint density at radius 1 is 1.50 bits per heavy atom. The summed E-state index contributed by atoms with van der Waals surface area (Å²) < 4.78 is 0. The van der Waals surface area contributed by atoms with E-state index in [9.17, 15) is 0 Å². The van der Waals surface area contributed by atoms with Crippen molar-refractivity contribution in [3.05, 3.63) is 11.1 Å². The lowest BCUT2D eigenvalue weighted by molar-refractivity contribution is 0.901. The van der Waals surface area contributed by atoms with Crippen LogP contribution >= 0.6 is 0 Å². The Bertz CT molecular complexity index is 103. The summed E-state index contributed by atoms with van der Waals surface area (Å²) in [5.74, 6) is 0. The average Bonchev–Trinajstić information content (AvgIpc) is 2.45. The number of hydrogen-bond acceptors (Lipinski definition) is 0. The zero-order valence-electron chi connectivity index (χ0n) is 5.83. The molecule has 0 aromatic heterocycles. The van der Waals surface area contributed by atoms with Gasteiger partial charge in [-0.05, 0) is 26.2 Å². The molecule has 1 rings (SSSR count). The number of allylic oxidation sites excluding steroid dienone is 2. The topological polar surface area (TPSA) is 0 Å². The summed E-state index contributed by atoms with van der Waals surface area (Å²) in [7, 11) is 0. The van der Waals surface area contributed by atoms with E-state index in [-0.39, 0.29) is 0 Å². The standard InChI is InChI=1S/C8H14/c1-3-4-7(2)8-5-6-8/h3-6H2,1-2H3. The van der Waals surface area contributed by atoms with Gasteiger partial charge in [0.1, 0.15) is 0 Å². The Balaban J connectivity index is 2.33. The quantitative estimate of drug-likeness (QED) is 0.479. The second kappa shape index (κ2) is 2.34. The minimum absolute atomic E-state index is 1.31. The van der Waals surface area contributed by atoms with E-state index in [0.717, 1.165) is 0 Å². The van der Waals surface area contributed by atoms with Gasteiger partial charge < -0.3 is 0 Å². The van der Waals surface area contributed by atoms with Gasteiger partial charge in [-0.15, -0.1) is 0 Å². The summed E-state index contributed by atoms with van der Waals surface area (Å²) in [5.41, 5.74) is 3.39. The minimum Gasteiger partial charge on any atom is -0.0741 e.